The zero-order valence-electron chi connectivity index (χ0n) is 14.0. The average Bonchev–Trinajstić information content (AvgIpc) is 2.55. The molecule has 1 aliphatic heterocycles. The van der Waals surface area contributed by atoms with Crippen LogP contribution in [0.3, 0.4) is 0 Å². The lowest BCUT2D eigenvalue weighted by molar-refractivity contribution is -0.293. The Morgan fingerprint density at radius 1 is 0.957 bits per heavy atom. The highest BCUT2D eigenvalue weighted by Crippen LogP contribution is 2.22. The zero-order chi connectivity index (χ0) is 17.2. The summed E-state index contributed by atoms with van der Waals surface area (Å²) in [6, 6.07) is 0. The smallest absolute Gasteiger partial charge is 0.305 e. The van der Waals surface area contributed by atoms with Crippen LogP contribution in [0.25, 0.3) is 0 Å². The van der Waals surface area contributed by atoms with Gasteiger partial charge in [-0.1, -0.05) is 25.7 Å². The van der Waals surface area contributed by atoms with Gasteiger partial charge >= 0.3 is 5.97 Å². The van der Waals surface area contributed by atoms with E-state index in [2.05, 4.69) is 4.74 Å². The lowest BCUT2D eigenvalue weighted by Crippen LogP contribution is -2.57. The van der Waals surface area contributed by atoms with E-state index in [0.717, 1.165) is 38.5 Å². The molecule has 3 N–H and O–H groups in total. The van der Waals surface area contributed by atoms with Crippen LogP contribution in [0.5, 0.6) is 0 Å². The molecule has 7 nitrogen and oxygen atoms in total. The minimum atomic E-state index is -1.25. The van der Waals surface area contributed by atoms with Crippen molar-refractivity contribution in [3.8, 4) is 0 Å². The summed E-state index contributed by atoms with van der Waals surface area (Å²) < 4.78 is 15.4. The van der Waals surface area contributed by atoms with Crippen LogP contribution in [0.2, 0.25) is 0 Å². The molecule has 5 atom stereocenters. The second-order valence-electron chi connectivity index (χ2n) is 6.00. The highest BCUT2D eigenvalue weighted by Gasteiger charge is 2.42. The normalized spacial score (nSPS) is 31.1. The molecular formula is C16H30O7. The number of esters is 1. The van der Waals surface area contributed by atoms with Crippen molar-refractivity contribution in [1.82, 2.24) is 0 Å². The van der Waals surface area contributed by atoms with E-state index in [1.807, 2.05) is 0 Å². The summed E-state index contributed by atoms with van der Waals surface area (Å²) in [4.78, 5) is 10.9. The Labute approximate surface area is 137 Å². The third-order valence-corrected chi connectivity index (χ3v) is 4.09. The highest BCUT2D eigenvalue weighted by molar-refractivity contribution is 5.68. The topological polar surface area (TPSA) is 105 Å². The lowest BCUT2D eigenvalue weighted by atomic mass is 10.00. The molecule has 0 aromatic carbocycles. The van der Waals surface area contributed by atoms with Crippen LogP contribution < -0.4 is 0 Å². The number of carbonyl (C=O) groups is 1. The molecule has 1 rings (SSSR count). The van der Waals surface area contributed by atoms with Gasteiger partial charge in [-0.2, -0.15) is 0 Å². The number of aliphatic hydroxyl groups excluding tert-OH is 3. The van der Waals surface area contributed by atoms with Gasteiger partial charge in [-0.05, 0) is 19.8 Å². The van der Waals surface area contributed by atoms with Crippen molar-refractivity contribution in [1.29, 1.82) is 0 Å². The standard InChI is InChI=1S/C16H30O7/c1-11-13(18)14(19)15(20)16(23-11)22-10-8-6-4-3-5-7-9-12(17)21-2/h11,13-16,18-20H,3-10H2,1-2H3/t11-,13+,14+,15-,16+/m0/s1. The van der Waals surface area contributed by atoms with Gasteiger partial charge in [0.1, 0.15) is 18.3 Å². The molecule has 1 fully saturated rings. The van der Waals surface area contributed by atoms with Crippen LogP contribution in [-0.2, 0) is 19.0 Å². The van der Waals surface area contributed by atoms with E-state index in [1.165, 1.54) is 7.11 Å². The van der Waals surface area contributed by atoms with E-state index < -0.39 is 30.7 Å². The molecule has 0 aliphatic carbocycles. The van der Waals surface area contributed by atoms with Crippen molar-refractivity contribution < 1.29 is 34.3 Å². The van der Waals surface area contributed by atoms with E-state index in [1.54, 1.807) is 6.92 Å². The maximum Gasteiger partial charge on any atom is 0.305 e. The predicted molar refractivity (Wildman–Crippen MR) is 82.6 cm³/mol. The third kappa shape index (κ3) is 7.14. The van der Waals surface area contributed by atoms with E-state index in [4.69, 9.17) is 9.47 Å². The van der Waals surface area contributed by atoms with E-state index in [0.29, 0.717) is 13.0 Å². The minimum absolute atomic E-state index is 0.161. The first-order valence-electron chi connectivity index (χ1n) is 8.35. The molecular weight excluding hydrogens is 304 g/mol. The fraction of sp³-hybridized carbons (Fsp3) is 0.938. The van der Waals surface area contributed by atoms with Gasteiger partial charge in [-0.3, -0.25) is 4.79 Å². The van der Waals surface area contributed by atoms with Crippen LogP contribution >= 0.6 is 0 Å². The molecule has 0 spiro atoms. The molecule has 23 heavy (non-hydrogen) atoms. The average molecular weight is 334 g/mol. The first kappa shape index (κ1) is 20.3. The molecule has 0 saturated carbocycles. The fourth-order valence-electron chi connectivity index (χ4n) is 2.53. The quantitative estimate of drug-likeness (QED) is 0.399. The Balaban J connectivity index is 2.01. The summed E-state index contributed by atoms with van der Waals surface area (Å²) >= 11 is 0. The molecule has 0 radical (unpaired) electrons. The Kier molecular flexibility index (Phi) is 9.66. The molecule has 0 bridgehead atoms. The number of hydrogen-bond donors (Lipinski definition) is 3. The Morgan fingerprint density at radius 2 is 1.57 bits per heavy atom. The predicted octanol–water partition coefficient (Wildman–Crippen LogP) is 0.734. The Morgan fingerprint density at radius 3 is 2.22 bits per heavy atom. The summed E-state index contributed by atoms with van der Waals surface area (Å²) in [5.74, 6) is -0.161. The monoisotopic (exact) mass is 334 g/mol. The van der Waals surface area contributed by atoms with Gasteiger partial charge in [-0.15, -0.1) is 0 Å². The minimum Gasteiger partial charge on any atom is -0.469 e. The van der Waals surface area contributed by atoms with Crippen LogP contribution in [0.1, 0.15) is 51.9 Å². The van der Waals surface area contributed by atoms with Crippen molar-refractivity contribution in [3.63, 3.8) is 0 Å². The summed E-state index contributed by atoms with van der Waals surface area (Å²) in [7, 11) is 1.40. The second kappa shape index (κ2) is 10.9. The van der Waals surface area contributed by atoms with Crippen LogP contribution in [0.15, 0.2) is 0 Å². The maximum absolute atomic E-state index is 10.9. The molecule has 1 aliphatic rings. The Bertz CT molecular complexity index is 336. The maximum atomic E-state index is 10.9. The van der Waals surface area contributed by atoms with Gasteiger partial charge in [-0.25, -0.2) is 0 Å². The number of aliphatic hydroxyl groups is 3. The van der Waals surface area contributed by atoms with Crippen molar-refractivity contribution in [2.75, 3.05) is 13.7 Å². The van der Waals surface area contributed by atoms with Gasteiger partial charge in [0.2, 0.25) is 0 Å². The van der Waals surface area contributed by atoms with Crippen molar-refractivity contribution >= 4 is 5.97 Å². The van der Waals surface area contributed by atoms with Crippen LogP contribution in [-0.4, -0.2) is 65.7 Å². The molecule has 136 valence electrons. The molecule has 0 aromatic rings. The molecule has 7 heteroatoms. The molecule has 1 saturated heterocycles. The summed E-state index contributed by atoms with van der Waals surface area (Å²) in [5, 5.41) is 29.0. The summed E-state index contributed by atoms with van der Waals surface area (Å²) in [6.07, 6.45) is 1.19. The van der Waals surface area contributed by atoms with Crippen molar-refractivity contribution in [3.05, 3.63) is 0 Å². The number of methoxy groups -OCH3 is 1. The van der Waals surface area contributed by atoms with E-state index in [9.17, 15) is 20.1 Å². The second-order valence-corrected chi connectivity index (χ2v) is 6.00. The molecule has 0 unspecified atom stereocenters. The van der Waals surface area contributed by atoms with Gasteiger partial charge in [0.25, 0.3) is 0 Å². The fourth-order valence-corrected chi connectivity index (χ4v) is 2.53. The van der Waals surface area contributed by atoms with Gasteiger partial charge in [0.05, 0.1) is 13.2 Å². The van der Waals surface area contributed by atoms with Gasteiger partial charge in [0.15, 0.2) is 6.29 Å². The van der Waals surface area contributed by atoms with Gasteiger partial charge in [0, 0.05) is 13.0 Å². The number of hydrogen-bond acceptors (Lipinski definition) is 7. The van der Waals surface area contributed by atoms with Crippen molar-refractivity contribution in [2.45, 2.75) is 82.6 Å². The third-order valence-electron chi connectivity index (χ3n) is 4.09. The van der Waals surface area contributed by atoms with E-state index >= 15 is 0 Å². The first-order valence-corrected chi connectivity index (χ1v) is 8.35. The number of carbonyl (C=O) groups excluding carboxylic acids is 1. The van der Waals surface area contributed by atoms with Crippen molar-refractivity contribution in [2.24, 2.45) is 0 Å². The largest absolute Gasteiger partial charge is 0.469 e. The Hall–Kier alpha value is -0.730. The zero-order valence-corrected chi connectivity index (χ0v) is 14.0. The number of rotatable bonds is 10. The number of ether oxygens (including phenoxy) is 3. The highest BCUT2D eigenvalue weighted by atomic mass is 16.7. The molecule has 1 heterocycles. The van der Waals surface area contributed by atoms with Crippen LogP contribution in [0, 0.1) is 0 Å². The number of unbranched alkanes of at least 4 members (excludes halogenated alkanes) is 5. The lowest BCUT2D eigenvalue weighted by Gasteiger charge is -2.38. The molecule has 0 amide bonds. The van der Waals surface area contributed by atoms with Gasteiger partial charge < -0.3 is 29.5 Å². The summed E-state index contributed by atoms with van der Waals surface area (Å²) in [6.45, 7) is 2.06. The first-order chi connectivity index (χ1) is 11.0. The van der Waals surface area contributed by atoms with Crippen LogP contribution in [0.4, 0.5) is 0 Å². The SMILES string of the molecule is COC(=O)CCCCCCCCO[C@@H]1O[C@@H](C)[C@@H](O)[C@@H](O)[C@@H]1O. The molecule has 0 aromatic heterocycles. The van der Waals surface area contributed by atoms with E-state index in [-0.39, 0.29) is 5.97 Å². The summed E-state index contributed by atoms with van der Waals surface area (Å²) in [5.41, 5.74) is 0.